The van der Waals surface area contributed by atoms with E-state index in [4.69, 9.17) is 21.1 Å². The molecule has 3 rings (SSSR count). The molecule has 0 radical (unpaired) electrons. The number of halogens is 4. The van der Waals surface area contributed by atoms with Crippen LogP contribution in [0, 0.1) is 6.92 Å². The molecule has 6 nitrogen and oxygen atoms in total. The molecule has 0 aliphatic carbocycles. The lowest BCUT2D eigenvalue weighted by atomic mass is 10.1. The number of nitrogens with one attached hydrogen (secondary N) is 1. The monoisotopic (exact) mass is 656 g/mol. The topological polar surface area (TPSA) is 77.0 Å². The quantitative estimate of drug-likeness (QED) is 0.133. The third kappa shape index (κ3) is 7.40. The smallest absolute Gasteiger partial charge is 0.343 e. The van der Waals surface area contributed by atoms with Crippen LogP contribution in [0.15, 0.2) is 73.1 Å². The SMILES string of the molecule is Cc1cccc(C(=O)Oc2c(Br)cc(Br)cc2C=NNC(=O)COc2ccc(Cl)cc2Br)c1. The first-order chi connectivity index (χ1) is 15.7. The molecular weight excluding hydrogens is 643 g/mol. The number of carbonyl (C=O) groups excluding carboxylic acids is 2. The summed E-state index contributed by atoms with van der Waals surface area (Å²) in [4.78, 5) is 24.7. The number of rotatable bonds is 7. The third-order valence-electron chi connectivity index (χ3n) is 4.13. The molecule has 0 saturated heterocycles. The number of amides is 1. The van der Waals surface area contributed by atoms with Gasteiger partial charge < -0.3 is 9.47 Å². The Morgan fingerprint density at radius 3 is 2.58 bits per heavy atom. The Labute approximate surface area is 220 Å². The van der Waals surface area contributed by atoms with Gasteiger partial charge in [-0.2, -0.15) is 5.10 Å². The highest BCUT2D eigenvalue weighted by molar-refractivity contribution is 9.11. The van der Waals surface area contributed by atoms with Gasteiger partial charge >= 0.3 is 5.97 Å². The fourth-order valence-corrected chi connectivity index (χ4v) is 4.79. The summed E-state index contributed by atoms with van der Waals surface area (Å²) in [5, 5.41) is 4.50. The highest BCUT2D eigenvalue weighted by Gasteiger charge is 2.15. The summed E-state index contributed by atoms with van der Waals surface area (Å²) in [6.07, 6.45) is 1.38. The first-order valence-corrected chi connectivity index (χ1v) is 12.2. The van der Waals surface area contributed by atoms with E-state index >= 15 is 0 Å². The number of hydrogen-bond acceptors (Lipinski definition) is 5. The Bertz CT molecular complexity index is 1230. The van der Waals surface area contributed by atoms with Gasteiger partial charge in [0, 0.05) is 15.1 Å². The lowest BCUT2D eigenvalue weighted by Crippen LogP contribution is -2.24. The summed E-state index contributed by atoms with van der Waals surface area (Å²) in [6.45, 7) is 1.64. The van der Waals surface area contributed by atoms with E-state index in [2.05, 4.69) is 58.3 Å². The average molecular weight is 660 g/mol. The molecule has 1 amide bonds. The maximum Gasteiger partial charge on any atom is 0.343 e. The first-order valence-electron chi connectivity index (χ1n) is 9.40. The highest BCUT2D eigenvalue weighted by atomic mass is 79.9. The number of benzene rings is 3. The Balaban J connectivity index is 1.68. The maximum atomic E-state index is 12.6. The molecule has 33 heavy (non-hydrogen) atoms. The molecule has 0 aromatic heterocycles. The van der Waals surface area contributed by atoms with Crippen molar-refractivity contribution in [3.63, 3.8) is 0 Å². The second-order valence-electron chi connectivity index (χ2n) is 6.72. The van der Waals surface area contributed by atoms with Crippen LogP contribution in [0.25, 0.3) is 0 Å². The van der Waals surface area contributed by atoms with Crippen LogP contribution < -0.4 is 14.9 Å². The molecule has 0 aliphatic rings. The van der Waals surface area contributed by atoms with E-state index < -0.39 is 11.9 Å². The van der Waals surface area contributed by atoms with Crippen LogP contribution in [0.2, 0.25) is 5.02 Å². The van der Waals surface area contributed by atoms with E-state index in [0.717, 1.165) is 10.0 Å². The molecule has 0 fully saturated rings. The van der Waals surface area contributed by atoms with Gasteiger partial charge in [-0.1, -0.05) is 45.2 Å². The van der Waals surface area contributed by atoms with Gasteiger partial charge in [-0.3, -0.25) is 4.79 Å². The van der Waals surface area contributed by atoms with Crippen LogP contribution in [-0.4, -0.2) is 24.7 Å². The van der Waals surface area contributed by atoms with E-state index in [1.165, 1.54) is 6.21 Å². The molecule has 0 atom stereocenters. The zero-order valence-corrected chi connectivity index (χ0v) is 22.6. The number of hydrazone groups is 1. The molecule has 0 aliphatic heterocycles. The Morgan fingerprint density at radius 2 is 1.85 bits per heavy atom. The standard InChI is InChI=1S/C23H16Br3ClN2O4/c1-13-3-2-4-14(7-13)23(31)33-22-15(8-16(24)9-19(22)26)11-28-29-21(30)12-32-20-6-5-17(27)10-18(20)25/h2-11H,12H2,1H3,(H,29,30). The minimum Gasteiger partial charge on any atom is -0.483 e. The van der Waals surface area contributed by atoms with E-state index in [0.29, 0.717) is 30.8 Å². The number of carbonyl (C=O) groups is 2. The van der Waals surface area contributed by atoms with Crippen LogP contribution in [0.3, 0.4) is 0 Å². The predicted octanol–water partition coefficient (Wildman–Crippen LogP) is 6.68. The normalized spacial score (nSPS) is 10.8. The van der Waals surface area contributed by atoms with Crippen molar-refractivity contribution in [2.75, 3.05) is 6.61 Å². The molecule has 1 N–H and O–H groups in total. The largest absolute Gasteiger partial charge is 0.483 e. The molecule has 0 heterocycles. The van der Waals surface area contributed by atoms with Crippen molar-refractivity contribution in [1.29, 1.82) is 0 Å². The predicted molar refractivity (Wildman–Crippen MR) is 138 cm³/mol. The van der Waals surface area contributed by atoms with Gasteiger partial charge in [0.15, 0.2) is 12.4 Å². The van der Waals surface area contributed by atoms with E-state index in [1.54, 1.807) is 48.5 Å². The van der Waals surface area contributed by atoms with Gasteiger partial charge in [0.1, 0.15) is 5.75 Å². The van der Waals surface area contributed by atoms with Crippen LogP contribution in [-0.2, 0) is 4.79 Å². The van der Waals surface area contributed by atoms with Crippen molar-refractivity contribution < 1.29 is 19.1 Å². The second-order valence-corrected chi connectivity index (χ2v) is 9.78. The average Bonchev–Trinajstić information content (AvgIpc) is 2.75. The van der Waals surface area contributed by atoms with Crippen LogP contribution >= 0.6 is 59.4 Å². The molecule has 10 heteroatoms. The summed E-state index contributed by atoms with van der Waals surface area (Å²) in [7, 11) is 0. The van der Waals surface area contributed by atoms with Crippen molar-refractivity contribution in [2.24, 2.45) is 5.10 Å². The molecule has 170 valence electrons. The van der Waals surface area contributed by atoms with Crippen molar-refractivity contribution in [3.05, 3.63) is 89.7 Å². The molecular formula is C23H16Br3ClN2O4. The summed E-state index contributed by atoms with van der Waals surface area (Å²) in [5.74, 6) is -0.244. The van der Waals surface area contributed by atoms with Crippen molar-refractivity contribution in [2.45, 2.75) is 6.92 Å². The molecule has 0 spiro atoms. The van der Waals surface area contributed by atoms with Crippen molar-refractivity contribution in [1.82, 2.24) is 5.43 Å². The van der Waals surface area contributed by atoms with Crippen molar-refractivity contribution in [3.8, 4) is 11.5 Å². The highest BCUT2D eigenvalue weighted by Crippen LogP contribution is 2.33. The first kappa shape index (κ1) is 25.4. The fraction of sp³-hybridized carbons (Fsp3) is 0.0870. The summed E-state index contributed by atoms with van der Waals surface area (Å²) in [6, 6.07) is 15.5. The summed E-state index contributed by atoms with van der Waals surface area (Å²) in [5.41, 5.74) is 4.22. The van der Waals surface area contributed by atoms with Gasteiger partial charge in [0.05, 0.1) is 20.7 Å². The summed E-state index contributed by atoms with van der Waals surface area (Å²) >= 11 is 16.0. The van der Waals surface area contributed by atoms with Crippen LogP contribution in [0.5, 0.6) is 11.5 Å². The van der Waals surface area contributed by atoms with Crippen LogP contribution in [0.4, 0.5) is 0 Å². The number of nitrogens with zero attached hydrogens (tertiary/aromatic N) is 1. The number of ether oxygens (including phenoxy) is 2. The zero-order chi connectivity index (χ0) is 24.0. The second kappa shape index (κ2) is 11.8. The van der Waals surface area contributed by atoms with Gasteiger partial charge in [0.25, 0.3) is 5.91 Å². The number of hydrogen-bond donors (Lipinski definition) is 1. The van der Waals surface area contributed by atoms with Gasteiger partial charge in [-0.25, -0.2) is 10.2 Å². The molecule has 0 saturated carbocycles. The van der Waals surface area contributed by atoms with Gasteiger partial charge in [0.2, 0.25) is 0 Å². The lowest BCUT2D eigenvalue weighted by molar-refractivity contribution is -0.123. The fourth-order valence-electron chi connectivity index (χ4n) is 2.65. The Kier molecular flexibility index (Phi) is 9.08. The molecule has 3 aromatic carbocycles. The maximum absolute atomic E-state index is 12.6. The zero-order valence-electron chi connectivity index (χ0n) is 17.1. The Morgan fingerprint density at radius 1 is 1.06 bits per heavy atom. The minimum absolute atomic E-state index is 0.255. The van der Waals surface area contributed by atoms with E-state index in [1.807, 2.05) is 13.0 Å². The third-order valence-corrected chi connectivity index (χ3v) is 6.03. The number of esters is 1. The van der Waals surface area contributed by atoms with Gasteiger partial charge in [-0.15, -0.1) is 0 Å². The van der Waals surface area contributed by atoms with Gasteiger partial charge in [-0.05, 0) is 81.2 Å². The molecule has 0 unspecified atom stereocenters. The lowest BCUT2D eigenvalue weighted by Gasteiger charge is -2.11. The Hall–Kier alpha value is -2.20. The number of aryl methyl sites for hydroxylation is 1. The minimum atomic E-state index is -0.512. The molecule has 3 aromatic rings. The van der Waals surface area contributed by atoms with E-state index in [9.17, 15) is 9.59 Å². The summed E-state index contributed by atoms with van der Waals surface area (Å²) < 4.78 is 13.0. The van der Waals surface area contributed by atoms with Crippen molar-refractivity contribution >= 4 is 77.5 Å². The van der Waals surface area contributed by atoms with Crippen LogP contribution in [0.1, 0.15) is 21.5 Å². The molecule has 0 bridgehead atoms. The van der Waals surface area contributed by atoms with E-state index in [-0.39, 0.29) is 12.4 Å².